The maximum atomic E-state index is 12.8. The molecule has 0 atom stereocenters. The van der Waals surface area contributed by atoms with Gasteiger partial charge in [-0.05, 0) is 49.2 Å². The Kier molecular flexibility index (Phi) is 4.65. The number of benzene rings is 2. The quantitative estimate of drug-likeness (QED) is 0.923. The number of aryl methyl sites for hydroxylation is 1. The van der Waals surface area contributed by atoms with Crippen LogP contribution in [-0.2, 0) is 16.6 Å². The lowest BCUT2D eigenvalue weighted by Gasteiger charge is -2.23. The molecule has 0 spiro atoms. The first kappa shape index (κ1) is 15.5. The lowest BCUT2D eigenvalue weighted by molar-refractivity contribution is 0.591. The van der Waals surface area contributed by atoms with E-state index in [9.17, 15) is 8.42 Å². The Morgan fingerprint density at radius 1 is 1.10 bits per heavy atom. The molecule has 0 aromatic heterocycles. The van der Waals surface area contributed by atoms with Gasteiger partial charge in [0.1, 0.15) is 0 Å². The van der Waals surface area contributed by atoms with Crippen LogP contribution in [0.1, 0.15) is 18.1 Å². The van der Waals surface area contributed by atoms with E-state index in [1.807, 2.05) is 32.0 Å². The van der Waals surface area contributed by atoms with E-state index in [0.717, 1.165) is 11.1 Å². The number of para-hydroxylation sites is 1. The first-order valence-electron chi connectivity index (χ1n) is 6.88. The minimum absolute atomic E-state index is 0.294. The number of nitrogens with zero attached hydrogens (tertiary/aromatic N) is 1. The molecular weight excluding hydrogens is 284 g/mol. The maximum Gasteiger partial charge on any atom is 0.264 e. The molecule has 2 aromatic carbocycles. The molecule has 0 fully saturated rings. The van der Waals surface area contributed by atoms with Gasteiger partial charge in [0, 0.05) is 13.1 Å². The fraction of sp³-hybridized carbons (Fsp3) is 0.250. The third kappa shape index (κ3) is 3.09. The summed E-state index contributed by atoms with van der Waals surface area (Å²) in [6.45, 7) is 4.48. The molecule has 0 unspecified atom stereocenters. The zero-order valence-electron chi connectivity index (χ0n) is 12.3. The summed E-state index contributed by atoms with van der Waals surface area (Å²) < 4.78 is 27.0. The van der Waals surface area contributed by atoms with Crippen molar-refractivity contribution in [1.82, 2.24) is 0 Å². The second-order valence-electron chi connectivity index (χ2n) is 4.80. The van der Waals surface area contributed by atoms with Gasteiger partial charge in [0.05, 0.1) is 10.6 Å². The van der Waals surface area contributed by atoms with Crippen LogP contribution in [0.25, 0.3) is 0 Å². The average molecular weight is 304 g/mol. The molecule has 112 valence electrons. The minimum atomic E-state index is -3.56. The summed E-state index contributed by atoms with van der Waals surface area (Å²) in [6, 6.07) is 14.2. The third-order valence-electron chi connectivity index (χ3n) is 3.45. The van der Waals surface area contributed by atoms with E-state index in [1.54, 1.807) is 30.3 Å². The number of sulfonamides is 1. The molecule has 2 N–H and O–H groups in total. The van der Waals surface area contributed by atoms with E-state index >= 15 is 0 Å². The maximum absolute atomic E-state index is 12.8. The first-order chi connectivity index (χ1) is 10.0. The molecule has 0 aliphatic heterocycles. The van der Waals surface area contributed by atoms with Crippen molar-refractivity contribution in [1.29, 1.82) is 0 Å². The summed E-state index contributed by atoms with van der Waals surface area (Å²) >= 11 is 0. The smallest absolute Gasteiger partial charge is 0.264 e. The Labute approximate surface area is 126 Å². The predicted octanol–water partition coefficient (Wildman–Crippen LogP) is 2.67. The Balaban J connectivity index is 2.47. The molecule has 5 heteroatoms. The molecule has 2 aromatic rings. The van der Waals surface area contributed by atoms with Crippen LogP contribution in [0.3, 0.4) is 0 Å². The Bertz CT molecular complexity index is 712. The summed E-state index contributed by atoms with van der Waals surface area (Å²) in [7, 11) is -3.56. The van der Waals surface area contributed by atoms with Crippen molar-refractivity contribution in [3.05, 3.63) is 59.7 Å². The predicted molar refractivity (Wildman–Crippen MR) is 85.7 cm³/mol. The van der Waals surface area contributed by atoms with Gasteiger partial charge >= 0.3 is 0 Å². The van der Waals surface area contributed by atoms with Crippen LogP contribution >= 0.6 is 0 Å². The summed E-state index contributed by atoms with van der Waals surface area (Å²) in [6.07, 6.45) is 0. The van der Waals surface area contributed by atoms with Gasteiger partial charge in [-0.15, -0.1) is 0 Å². The van der Waals surface area contributed by atoms with Crippen molar-refractivity contribution < 1.29 is 8.42 Å². The van der Waals surface area contributed by atoms with Gasteiger partial charge in [-0.2, -0.15) is 0 Å². The van der Waals surface area contributed by atoms with Gasteiger partial charge < -0.3 is 5.73 Å². The minimum Gasteiger partial charge on any atom is -0.326 e. The lowest BCUT2D eigenvalue weighted by Crippen LogP contribution is -2.30. The first-order valence-corrected chi connectivity index (χ1v) is 8.32. The molecule has 0 aliphatic carbocycles. The second kappa shape index (κ2) is 6.28. The molecule has 2 rings (SSSR count). The van der Waals surface area contributed by atoms with Gasteiger partial charge in [-0.25, -0.2) is 8.42 Å². The van der Waals surface area contributed by atoms with Crippen molar-refractivity contribution in [3.8, 4) is 0 Å². The Morgan fingerprint density at radius 3 is 2.29 bits per heavy atom. The van der Waals surface area contributed by atoms with Crippen LogP contribution in [0.2, 0.25) is 0 Å². The zero-order chi connectivity index (χ0) is 15.5. The van der Waals surface area contributed by atoms with Crippen molar-refractivity contribution in [3.63, 3.8) is 0 Å². The van der Waals surface area contributed by atoms with Crippen molar-refractivity contribution in [2.24, 2.45) is 5.73 Å². The van der Waals surface area contributed by atoms with E-state index in [-0.39, 0.29) is 0 Å². The largest absolute Gasteiger partial charge is 0.326 e. The highest BCUT2D eigenvalue weighted by Crippen LogP contribution is 2.24. The number of hydrogen-bond acceptors (Lipinski definition) is 3. The van der Waals surface area contributed by atoms with Gasteiger partial charge in [0.25, 0.3) is 10.0 Å². The lowest BCUT2D eigenvalue weighted by atomic mass is 10.1. The number of hydrogen-bond donors (Lipinski definition) is 1. The van der Waals surface area contributed by atoms with Gasteiger partial charge in [-0.1, -0.05) is 24.3 Å². The summed E-state index contributed by atoms with van der Waals surface area (Å²) in [4.78, 5) is 0.294. The van der Waals surface area contributed by atoms with Crippen LogP contribution in [0, 0.1) is 6.92 Å². The topological polar surface area (TPSA) is 63.4 Å². The molecule has 0 saturated heterocycles. The number of nitrogens with two attached hydrogens (primary N) is 1. The standard InChI is InChI=1S/C16H20N2O2S/c1-3-18(15-7-5-4-6-8-15)21(19,20)16-10-9-14(12-17)13(2)11-16/h4-11H,3,12,17H2,1-2H3. The van der Waals surface area contributed by atoms with E-state index < -0.39 is 10.0 Å². The highest BCUT2D eigenvalue weighted by atomic mass is 32.2. The molecule has 0 aliphatic rings. The van der Waals surface area contributed by atoms with Crippen LogP contribution < -0.4 is 10.0 Å². The van der Waals surface area contributed by atoms with E-state index in [1.165, 1.54) is 4.31 Å². The van der Waals surface area contributed by atoms with Gasteiger partial charge in [-0.3, -0.25) is 4.31 Å². The number of rotatable bonds is 5. The van der Waals surface area contributed by atoms with E-state index in [2.05, 4.69) is 0 Å². The van der Waals surface area contributed by atoms with Crippen LogP contribution in [-0.4, -0.2) is 15.0 Å². The van der Waals surface area contributed by atoms with Crippen molar-refractivity contribution in [2.75, 3.05) is 10.8 Å². The summed E-state index contributed by atoms with van der Waals surface area (Å²) in [5, 5.41) is 0. The van der Waals surface area contributed by atoms with Crippen LogP contribution in [0.5, 0.6) is 0 Å². The SMILES string of the molecule is CCN(c1ccccc1)S(=O)(=O)c1ccc(CN)c(C)c1. The van der Waals surface area contributed by atoms with Crippen molar-refractivity contribution >= 4 is 15.7 Å². The number of anilines is 1. The molecule has 0 bridgehead atoms. The second-order valence-corrected chi connectivity index (χ2v) is 6.66. The summed E-state index contributed by atoms with van der Waals surface area (Å²) in [5.41, 5.74) is 8.14. The fourth-order valence-electron chi connectivity index (χ4n) is 2.27. The van der Waals surface area contributed by atoms with Crippen LogP contribution in [0.15, 0.2) is 53.4 Å². The highest BCUT2D eigenvalue weighted by Gasteiger charge is 2.23. The highest BCUT2D eigenvalue weighted by molar-refractivity contribution is 7.92. The van der Waals surface area contributed by atoms with Gasteiger partial charge in [0.15, 0.2) is 0 Å². The van der Waals surface area contributed by atoms with Gasteiger partial charge in [0.2, 0.25) is 0 Å². The van der Waals surface area contributed by atoms with E-state index in [4.69, 9.17) is 5.73 Å². The molecular formula is C16H20N2O2S. The molecule has 0 radical (unpaired) electrons. The van der Waals surface area contributed by atoms with Crippen molar-refractivity contribution in [2.45, 2.75) is 25.3 Å². The fourth-order valence-corrected chi connectivity index (χ4v) is 3.83. The molecule has 0 saturated carbocycles. The third-order valence-corrected chi connectivity index (χ3v) is 5.35. The molecule has 4 nitrogen and oxygen atoms in total. The monoisotopic (exact) mass is 304 g/mol. The zero-order valence-corrected chi connectivity index (χ0v) is 13.1. The molecule has 0 amide bonds. The van der Waals surface area contributed by atoms with Crippen LogP contribution in [0.4, 0.5) is 5.69 Å². The summed E-state index contributed by atoms with van der Waals surface area (Å²) in [5.74, 6) is 0. The molecule has 21 heavy (non-hydrogen) atoms. The molecule has 0 heterocycles. The van der Waals surface area contributed by atoms with E-state index in [0.29, 0.717) is 23.7 Å². The normalized spacial score (nSPS) is 11.4. The average Bonchev–Trinajstić information content (AvgIpc) is 2.48. The Morgan fingerprint density at radius 2 is 1.76 bits per heavy atom. The Hall–Kier alpha value is -1.85.